The third-order valence-electron chi connectivity index (χ3n) is 3.89. The number of nitrogens with one attached hydrogen (secondary N) is 1. The number of benzene rings is 1. The Labute approximate surface area is 109 Å². The molecule has 0 aliphatic heterocycles. The third kappa shape index (κ3) is 3.02. The number of methoxy groups -OCH3 is 1. The van der Waals surface area contributed by atoms with Crippen molar-refractivity contribution >= 4 is 0 Å². The van der Waals surface area contributed by atoms with E-state index in [4.69, 9.17) is 4.74 Å². The topological polar surface area (TPSA) is 21.3 Å². The van der Waals surface area contributed by atoms with Crippen molar-refractivity contribution in [2.75, 3.05) is 13.7 Å². The summed E-state index contributed by atoms with van der Waals surface area (Å²) in [7, 11) is 1.58. The van der Waals surface area contributed by atoms with Crippen LogP contribution in [0.2, 0.25) is 0 Å². The summed E-state index contributed by atoms with van der Waals surface area (Å²) in [5.74, 6) is 1.31. The summed E-state index contributed by atoms with van der Waals surface area (Å²) in [6, 6.07) is 4.96. The maximum absolute atomic E-state index is 13.8. The van der Waals surface area contributed by atoms with E-state index >= 15 is 0 Å². The molecular formula is C15H22FNO. The number of halogens is 1. The predicted octanol–water partition coefficient (Wildman–Crippen LogP) is 3.68. The Morgan fingerprint density at radius 3 is 2.83 bits per heavy atom. The molecule has 1 atom stereocenters. The number of hydrogen-bond donors (Lipinski definition) is 1. The maximum atomic E-state index is 13.8. The van der Waals surface area contributed by atoms with Gasteiger partial charge in [0.15, 0.2) is 0 Å². The molecule has 0 radical (unpaired) electrons. The Bertz CT molecular complexity index is 390. The largest absolute Gasteiger partial charge is 0.496 e. The van der Waals surface area contributed by atoms with E-state index < -0.39 is 0 Å². The summed E-state index contributed by atoms with van der Waals surface area (Å²) in [4.78, 5) is 0. The molecule has 1 aliphatic rings. The first-order valence-corrected chi connectivity index (χ1v) is 6.78. The molecule has 0 saturated heterocycles. The lowest BCUT2D eigenvalue weighted by Crippen LogP contribution is -2.25. The number of ether oxygens (including phenoxy) is 1. The monoisotopic (exact) mass is 251 g/mol. The van der Waals surface area contributed by atoms with Gasteiger partial charge in [-0.25, -0.2) is 4.39 Å². The zero-order chi connectivity index (χ0) is 13.0. The molecule has 1 N–H and O–H groups in total. The molecule has 0 spiro atoms. The van der Waals surface area contributed by atoms with Gasteiger partial charge >= 0.3 is 0 Å². The predicted molar refractivity (Wildman–Crippen MR) is 71.3 cm³/mol. The Balaban J connectivity index is 1.92. The first kappa shape index (κ1) is 13.3. The van der Waals surface area contributed by atoms with Gasteiger partial charge in [0, 0.05) is 11.6 Å². The molecule has 0 aromatic heterocycles. The third-order valence-corrected chi connectivity index (χ3v) is 3.89. The lowest BCUT2D eigenvalue weighted by Gasteiger charge is -2.26. The average molecular weight is 251 g/mol. The molecule has 2 rings (SSSR count). The highest BCUT2D eigenvalue weighted by atomic mass is 19.1. The van der Waals surface area contributed by atoms with Crippen LogP contribution in [0.4, 0.5) is 4.39 Å². The van der Waals surface area contributed by atoms with Gasteiger partial charge in [-0.3, -0.25) is 0 Å². The molecule has 100 valence electrons. The Morgan fingerprint density at radius 2 is 2.22 bits per heavy atom. The van der Waals surface area contributed by atoms with Gasteiger partial charge in [-0.05, 0) is 37.9 Å². The Kier molecular flexibility index (Phi) is 4.59. The van der Waals surface area contributed by atoms with Gasteiger partial charge in [0.2, 0.25) is 0 Å². The maximum Gasteiger partial charge on any atom is 0.131 e. The smallest absolute Gasteiger partial charge is 0.131 e. The second-order valence-electron chi connectivity index (χ2n) is 5.12. The first-order chi connectivity index (χ1) is 8.72. The van der Waals surface area contributed by atoms with E-state index in [2.05, 4.69) is 5.32 Å². The van der Waals surface area contributed by atoms with E-state index in [0.717, 1.165) is 12.5 Å². The van der Waals surface area contributed by atoms with Gasteiger partial charge in [-0.15, -0.1) is 0 Å². The number of rotatable bonds is 6. The summed E-state index contributed by atoms with van der Waals surface area (Å²) < 4.78 is 19.1. The van der Waals surface area contributed by atoms with Crippen molar-refractivity contribution in [2.45, 2.75) is 38.6 Å². The molecule has 0 bridgehead atoms. The molecule has 1 aromatic carbocycles. The van der Waals surface area contributed by atoms with E-state index in [1.165, 1.54) is 31.7 Å². The van der Waals surface area contributed by atoms with Crippen LogP contribution in [-0.2, 0) is 0 Å². The fourth-order valence-corrected chi connectivity index (χ4v) is 2.50. The first-order valence-electron chi connectivity index (χ1n) is 6.78. The van der Waals surface area contributed by atoms with Crippen molar-refractivity contribution in [1.82, 2.24) is 5.32 Å². The highest BCUT2D eigenvalue weighted by Gasteiger charge is 2.19. The van der Waals surface area contributed by atoms with Gasteiger partial charge < -0.3 is 10.1 Å². The van der Waals surface area contributed by atoms with Crippen molar-refractivity contribution in [3.8, 4) is 5.75 Å². The molecule has 1 saturated carbocycles. The SMILES string of the molecule is COc1cccc(F)c1C(C)NCCC1CCC1. The second kappa shape index (κ2) is 6.19. The Hall–Kier alpha value is -1.09. The van der Waals surface area contributed by atoms with Crippen LogP contribution >= 0.6 is 0 Å². The van der Waals surface area contributed by atoms with Gasteiger partial charge in [0.05, 0.1) is 7.11 Å². The highest BCUT2D eigenvalue weighted by Crippen LogP contribution is 2.30. The van der Waals surface area contributed by atoms with Crippen molar-refractivity contribution in [2.24, 2.45) is 5.92 Å². The number of hydrogen-bond acceptors (Lipinski definition) is 2. The van der Waals surface area contributed by atoms with Crippen molar-refractivity contribution < 1.29 is 9.13 Å². The van der Waals surface area contributed by atoms with E-state index in [1.54, 1.807) is 13.2 Å². The van der Waals surface area contributed by atoms with Crippen LogP contribution in [0, 0.1) is 11.7 Å². The summed E-state index contributed by atoms with van der Waals surface area (Å²) in [5.41, 5.74) is 0.633. The summed E-state index contributed by atoms with van der Waals surface area (Å²) in [6.07, 6.45) is 5.29. The van der Waals surface area contributed by atoms with Gasteiger partial charge in [0.25, 0.3) is 0 Å². The van der Waals surface area contributed by atoms with Crippen LogP contribution in [0.5, 0.6) is 5.75 Å². The van der Waals surface area contributed by atoms with Gasteiger partial charge in [0.1, 0.15) is 11.6 Å². The minimum absolute atomic E-state index is 0.0128. The van der Waals surface area contributed by atoms with Crippen molar-refractivity contribution in [3.63, 3.8) is 0 Å². The molecule has 3 heteroatoms. The van der Waals surface area contributed by atoms with E-state index in [1.807, 2.05) is 13.0 Å². The van der Waals surface area contributed by atoms with E-state index in [-0.39, 0.29) is 11.9 Å². The highest BCUT2D eigenvalue weighted by molar-refractivity contribution is 5.36. The van der Waals surface area contributed by atoms with Crippen LogP contribution in [-0.4, -0.2) is 13.7 Å². The van der Waals surface area contributed by atoms with Crippen LogP contribution in [0.3, 0.4) is 0 Å². The molecule has 0 amide bonds. The summed E-state index contributed by atoms with van der Waals surface area (Å²) in [6.45, 7) is 2.94. The van der Waals surface area contributed by atoms with E-state index in [0.29, 0.717) is 11.3 Å². The molecule has 18 heavy (non-hydrogen) atoms. The molecule has 0 heterocycles. The van der Waals surface area contributed by atoms with Gasteiger partial charge in [-0.1, -0.05) is 25.3 Å². The average Bonchev–Trinajstić information content (AvgIpc) is 2.31. The zero-order valence-corrected chi connectivity index (χ0v) is 11.2. The standard InChI is InChI=1S/C15H22FNO/c1-11(17-10-9-12-5-3-6-12)15-13(16)7-4-8-14(15)18-2/h4,7-8,11-12,17H,3,5-6,9-10H2,1-2H3. The fourth-order valence-electron chi connectivity index (χ4n) is 2.50. The van der Waals surface area contributed by atoms with Crippen molar-refractivity contribution in [3.05, 3.63) is 29.6 Å². The van der Waals surface area contributed by atoms with E-state index in [9.17, 15) is 4.39 Å². The lowest BCUT2D eigenvalue weighted by molar-refractivity contribution is 0.287. The lowest BCUT2D eigenvalue weighted by atomic mass is 9.83. The molecular weight excluding hydrogens is 229 g/mol. The van der Waals surface area contributed by atoms with Gasteiger partial charge in [-0.2, -0.15) is 0 Å². The second-order valence-corrected chi connectivity index (χ2v) is 5.12. The minimum Gasteiger partial charge on any atom is -0.496 e. The van der Waals surface area contributed by atoms with Crippen LogP contribution in [0.15, 0.2) is 18.2 Å². The summed E-state index contributed by atoms with van der Waals surface area (Å²) >= 11 is 0. The minimum atomic E-state index is -0.196. The molecule has 1 aliphatic carbocycles. The van der Waals surface area contributed by atoms with Crippen molar-refractivity contribution in [1.29, 1.82) is 0 Å². The fraction of sp³-hybridized carbons (Fsp3) is 0.600. The summed E-state index contributed by atoms with van der Waals surface area (Å²) in [5, 5.41) is 3.39. The zero-order valence-electron chi connectivity index (χ0n) is 11.2. The molecule has 2 nitrogen and oxygen atoms in total. The molecule has 1 unspecified atom stereocenters. The quantitative estimate of drug-likeness (QED) is 0.832. The van der Waals surface area contributed by atoms with Crippen LogP contribution in [0.1, 0.15) is 44.2 Å². The normalized spacial score (nSPS) is 17.3. The molecule has 1 aromatic rings. The van der Waals surface area contributed by atoms with Crippen LogP contribution < -0.4 is 10.1 Å². The van der Waals surface area contributed by atoms with Crippen LogP contribution in [0.25, 0.3) is 0 Å². The Morgan fingerprint density at radius 1 is 1.44 bits per heavy atom. The molecule has 1 fully saturated rings.